The fraction of sp³-hybridized carbons (Fsp3) is 0.467. The van der Waals surface area contributed by atoms with Gasteiger partial charge < -0.3 is 5.73 Å². The van der Waals surface area contributed by atoms with Gasteiger partial charge in [0, 0.05) is 12.1 Å². The number of fused-ring (bicyclic) bond motifs is 1. The molecule has 0 spiro atoms. The first-order valence-electron chi connectivity index (χ1n) is 6.80. The highest BCUT2D eigenvalue weighted by molar-refractivity contribution is 5.81. The van der Waals surface area contributed by atoms with Gasteiger partial charge in [0.05, 0.1) is 17.2 Å². The standard InChI is InChI=1S/C15H19N3O/c1-9-5-10(2)14-13(6-9)15(19)18(8-17-14)12-4-3-11(16)7-12/h5-6,8,11-12H,3-4,7,16H2,1-2H3/t11-,12-/m0/s1. The summed E-state index contributed by atoms with van der Waals surface area (Å²) in [6.45, 7) is 4.01. The molecule has 0 radical (unpaired) electrons. The van der Waals surface area contributed by atoms with E-state index in [1.165, 1.54) is 0 Å². The maximum atomic E-state index is 12.6. The van der Waals surface area contributed by atoms with Crippen molar-refractivity contribution in [1.82, 2.24) is 9.55 Å². The lowest BCUT2D eigenvalue weighted by Gasteiger charge is -2.14. The molecule has 4 heteroatoms. The van der Waals surface area contributed by atoms with Gasteiger partial charge in [-0.05, 0) is 50.3 Å². The van der Waals surface area contributed by atoms with E-state index in [4.69, 9.17) is 5.73 Å². The van der Waals surface area contributed by atoms with Gasteiger partial charge in [0.2, 0.25) is 0 Å². The van der Waals surface area contributed by atoms with E-state index >= 15 is 0 Å². The molecule has 0 amide bonds. The summed E-state index contributed by atoms with van der Waals surface area (Å²) >= 11 is 0. The van der Waals surface area contributed by atoms with E-state index in [9.17, 15) is 4.79 Å². The lowest BCUT2D eigenvalue weighted by atomic mass is 10.1. The van der Waals surface area contributed by atoms with Gasteiger partial charge in [-0.25, -0.2) is 4.98 Å². The maximum Gasteiger partial charge on any atom is 0.261 e. The highest BCUT2D eigenvalue weighted by Crippen LogP contribution is 2.28. The molecule has 0 aliphatic heterocycles. The Labute approximate surface area is 112 Å². The number of aromatic nitrogens is 2. The second-order valence-electron chi connectivity index (χ2n) is 5.66. The SMILES string of the molecule is Cc1cc(C)c2ncn([C@H]3CC[C@H](N)C3)c(=O)c2c1. The Morgan fingerprint density at radius 3 is 2.79 bits per heavy atom. The Morgan fingerprint density at radius 1 is 1.32 bits per heavy atom. The Balaban J connectivity index is 2.18. The van der Waals surface area contributed by atoms with Gasteiger partial charge >= 0.3 is 0 Å². The lowest BCUT2D eigenvalue weighted by Crippen LogP contribution is -2.25. The summed E-state index contributed by atoms with van der Waals surface area (Å²) in [6, 6.07) is 4.42. The fourth-order valence-electron chi connectivity index (χ4n) is 3.11. The monoisotopic (exact) mass is 257 g/mol. The molecule has 0 saturated heterocycles. The number of nitrogens with two attached hydrogens (primary N) is 1. The van der Waals surface area contributed by atoms with Crippen LogP contribution in [0.25, 0.3) is 10.9 Å². The smallest absolute Gasteiger partial charge is 0.261 e. The van der Waals surface area contributed by atoms with E-state index < -0.39 is 0 Å². The van der Waals surface area contributed by atoms with Gasteiger partial charge in [-0.15, -0.1) is 0 Å². The van der Waals surface area contributed by atoms with Crippen LogP contribution in [-0.4, -0.2) is 15.6 Å². The number of hydrogen-bond acceptors (Lipinski definition) is 3. The quantitative estimate of drug-likeness (QED) is 0.850. The molecular weight excluding hydrogens is 238 g/mol. The molecule has 1 aliphatic carbocycles. The highest BCUT2D eigenvalue weighted by atomic mass is 16.1. The van der Waals surface area contributed by atoms with Crippen molar-refractivity contribution >= 4 is 10.9 Å². The van der Waals surface area contributed by atoms with Crippen molar-refractivity contribution in [2.75, 3.05) is 0 Å². The summed E-state index contributed by atoms with van der Waals surface area (Å²) in [5, 5.41) is 0.723. The molecule has 1 aromatic carbocycles. The van der Waals surface area contributed by atoms with E-state index in [1.807, 2.05) is 19.9 Å². The average Bonchev–Trinajstić information content (AvgIpc) is 2.77. The minimum Gasteiger partial charge on any atom is -0.328 e. The normalized spacial score (nSPS) is 23.1. The molecule has 3 rings (SSSR count). The molecule has 1 fully saturated rings. The highest BCUT2D eigenvalue weighted by Gasteiger charge is 2.24. The van der Waals surface area contributed by atoms with Gasteiger partial charge in [-0.2, -0.15) is 0 Å². The molecule has 0 bridgehead atoms. The van der Waals surface area contributed by atoms with E-state index in [0.29, 0.717) is 0 Å². The second kappa shape index (κ2) is 4.46. The molecular formula is C15H19N3O. The van der Waals surface area contributed by atoms with Crippen LogP contribution in [0.1, 0.15) is 36.4 Å². The topological polar surface area (TPSA) is 60.9 Å². The minimum atomic E-state index is 0.0656. The Morgan fingerprint density at radius 2 is 2.11 bits per heavy atom. The Kier molecular flexibility index (Phi) is 2.90. The molecule has 0 unspecified atom stereocenters. The van der Waals surface area contributed by atoms with Crippen LogP contribution in [0.3, 0.4) is 0 Å². The van der Waals surface area contributed by atoms with Crippen molar-refractivity contribution in [2.24, 2.45) is 5.73 Å². The van der Waals surface area contributed by atoms with Gasteiger partial charge in [0.1, 0.15) is 0 Å². The number of rotatable bonds is 1. The average molecular weight is 257 g/mol. The third-order valence-corrected chi connectivity index (χ3v) is 4.06. The van der Waals surface area contributed by atoms with Crippen LogP contribution in [0.5, 0.6) is 0 Å². The summed E-state index contributed by atoms with van der Waals surface area (Å²) in [4.78, 5) is 17.1. The number of hydrogen-bond donors (Lipinski definition) is 1. The third kappa shape index (κ3) is 2.06. The van der Waals surface area contributed by atoms with Crippen molar-refractivity contribution in [1.29, 1.82) is 0 Å². The van der Waals surface area contributed by atoms with E-state index in [1.54, 1.807) is 10.9 Å². The van der Waals surface area contributed by atoms with Crippen molar-refractivity contribution in [3.8, 4) is 0 Å². The van der Waals surface area contributed by atoms with E-state index in [-0.39, 0.29) is 17.6 Å². The van der Waals surface area contributed by atoms with Crippen LogP contribution in [0.15, 0.2) is 23.3 Å². The first-order chi connectivity index (χ1) is 9.06. The van der Waals surface area contributed by atoms with Crippen molar-refractivity contribution in [3.63, 3.8) is 0 Å². The Bertz CT molecular complexity index is 690. The summed E-state index contributed by atoms with van der Waals surface area (Å²) in [6.07, 6.45) is 4.52. The van der Waals surface area contributed by atoms with Crippen LogP contribution in [-0.2, 0) is 0 Å². The largest absolute Gasteiger partial charge is 0.328 e. The molecule has 1 heterocycles. The number of nitrogens with zero attached hydrogens (tertiary/aromatic N) is 2. The molecule has 2 N–H and O–H groups in total. The molecule has 2 aromatic rings. The summed E-state index contributed by atoms with van der Waals surface area (Å²) in [5.41, 5.74) is 8.98. The first-order valence-corrected chi connectivity index (χ1v) is 6.80. The van der Waals surface area contributed by atoms with Crippen LogP contribution in [0.4, 0.5) is 0 Å². The van der Waals surface area contributed by atoms with Crippen LogP contribution in [0, 0.1) is 13.8 Å². The number of aryl methyl sites for hydroxylation is 2. The van der Waals surface area contributed by atoms with Crippen molar-refractivity contribution in [3.05, 3.63) is 39.9 Å². The lowest BCUT2D eigenvalue weighted by molar-refractivity contribution is 0.491. The fourth-order valence-corrected chi connectivity index (χ4v) is 3.11. The van der Waals surface area contributed by atoms with Gasteiger partial charge in [0.25, 0.3) is 5.56 Å². The molecule has 100 valence electrons. The zero-order valence-corrected chi connectivity index (χ0v) is 11.4. The second-order valence-corrected chi connectivity index (χ2v) is 5.66. The van der Waals surface area contributed by atoms with Crippen LogP contribution < -0.4 is 11.3 Å². The third-order valence-electron chi connectivity index (χ3n) is 4.06. The molecule has 1 aromatic heterocycles. The van der Waals surface area contributed by atoms with E-state index in [0.717, 1.165) is 41.3 Å². The predicted octanol–water partition coefficient (Wildman–Crippen LogP) is 2.07. The molecule has 1 saturated carbocycles. The van der Waals surface area contributed by atoms with Gasteiger partial charge in [-0.1, -0.05) is 6.07 Å². The zero-order chi connectivity index (χ0) is 13.6. The number of benzene rings is 1. The maximum absolute atomic E-state index is 12.6. The molecule has 1 aliphatic rings. The van der Waals surface area contributed by atoms with Crippen molar-refractivity contribution < 1.29 is 0 Å². The van der Waals surface area contributed by atoms with Crippen molar-refractivity contribution in [2.45, 2.75) is 45.2 Å². The Hall–Kier alpha value is -1.68. The first kappa shape index (κ1) is 12.4. The summed E-state index contributed by atoms with van der Waals surface area (Å²) in [5.74, 6) is 0. The molecule has 19 heavy (non-hydrogen) atoms. The van der Waals surface area contributed by atoms with Gasteiger partial charge in [0.15, 0.2) is 0 Å². The zero-order valence-electron chi connectivity index (χ0n) is 11.4. The molecule has 2 atom stereocenters. The van der Waals surface area contributed by atoms with Gasteiger partial charge in [-0.3, -0.25) is 9.36 Å². The van der Waals surface area contributed by atoms with Crippen LogP contribution in [0.2, 0.25) is 0 Å². The van der Waals surface area contributed by atoms with E-state index in [2.05, 4.69) is 11.1 Å². The van der Waals surface area contributed by atoms with Crippen LogP contribution >= 0.6 is 0 Å². The summed E-state index contributed by atoms with van der Waals surface area (Å²) in [7, 11) is 0. The molecule has 4 nitrogen and oxygen atoms in total. The minimum absolute atomic E-state index is 0.0656. The predicted molar refractivity (Wildman–Crippen MR) is 76.3 cm³/mol. The summed E-state index contributed by atoms with van der Waals surface area (Å²) < 4.78 is 1.77.